The molecule has 228 valence electrons. The SMILES string of the molecule is C1=CCC2C(=C1)C=Cc1cc3c(cc12)=C(c1cnc(-c2ncc(-c4cccc5cc6c(cc45)=C4C=CC=CC4CC=6)cn2)nc1)CCC=3. The molecule has 0 radical (unpaired) electrons. The lowest BCUT2D eigenvalue weighted by Crippen LogP contribution is -2.32. The molecule has 0 amide bonds. The Morgan fingerprint density at radius 3 is 2.40 bits per heavy atom. The molecular formula is C44H32N4. The lowest BCUT2D eigenvalue weighted by Gasteiger charge is -2.26. The summed E-state index contributed by atoms with van der Waals surface area (Å²) in [5, 5.41) is 7.68. The van der Waals surface area contributed by atoms with Crippen molar-refractivity contribution < 1.29 is 0 Å². The number of fused-ring (bicyclic) bond motifs is 7. The van der Waals surface area contributed by atoms with E-state index < -0.39 is 0 Å². The molecule has 4 heteroatoms. The molecule has 48 heavy (non-hydrogen) atoms. The van der Waals surface area contributed by atoms with Crippen LogP contribution in [0.3, 0.4) is 0 Å². The van der Waals surface area contributed by atoms with Crippen LogP contribution in [0.5, 0.6) is 0 Å². The zero-order chi connectivity index (χ0) is 31.6. The van der Waals surface area contributed by atoms with Gasteiger partial charge in [0.15, 0.2) is 11.6 Å². The fraction of sp³-hybridized carbons (Fsp3) is 0.136. The Balaban J connectivity index is 0.992. The van der Waals surface area contributed by atoms with Crippen LogP contribution >= 0.6 is 0 Å². The Bertz CT molecular complexity index is 2600. The maximum Gasteiger partial charge on any atom is 0.197 e. The third-order valence-electron chi connectivity index (χ3n) is 10.6. The fourth-order valence-corrected chi connectivity index (χ4v) is 8.17. The quantitative estimate of drug-likeness (QED) is 0.229. The van der Waals surface area contributed by atoms with Crippen molar-refractivity contribution in [1.82, 2.24) is 19.9 Å². The average Bonchev–Trinajstić information content (AvgIpc) is 3.16. The van der Waals surface area contributed by atoms with Gasteiger partial charge in [-0.25, -0.2) is 19.9 Å². The highest BCUT2D eigenvalue weighted by molar-refractivity contribution is 5.97. The number of benzene rings is 3. The van der Waals surface area contributed by atoms with Gasteiger partial charge < -0.3 is 0 Å². The molecule has 0 N–H and O–H groups in total. The summed E-state index contributed by atoms with van der Waals surface area (Å²) < 4.78 is 0. The van der Waals surface area contributed by atoms with Crippen molar-refractivity contribution in [2.45, 2.75) is 31.6 Å². The first kappa shape index (κ1) is 27.4. The summed E-state index contributed by atoms with van der Waals surface area (Å²) in [6.45, 7) is 0. The molecule has 0 spiro atoms. The first-order valence-electron chi connectivity index (χ1n) is 17.0. The predicted molar refractivity (Wildman–Crippen MR) is 195 cm³/mol. The first-order valence-corrected chi connectivity index (χ1v) is 17.0. The van der Waals surface area contributed by atoms with Crippen LogP contribution in [-0.2, 0) is 0 Å². The van der Waals surface area contributed by atoms with Crippen LogP contribution in [0.1, 0.15) is 48.3 Å². The Hall–Kier alpha value is -5.74. The van der Waals surface area contributed by atoms with E-state index in [1.54, 1.807) is 0 Å². The minimum absolute atomic E-state index is 0.428. The van der Waals surface area contributed by atoms with E-state index in [1.807, 2.05) is 24.8 Å². The van der Waals surface area contributed by atoms with Crippen molar-refractivity contribution in [3.05, 3.63) is 159 Å². The summed E-state index contributed by atoms with van der Waals surface area (Å²) in [4.78, 5) is 19.1. The minimum atomic E-state index is 0.428. The van der Waals surface area contributed by atoms with Crippen LogP contribution in [0.25, 0.3) is 62.9 Å². The number of nitrogens with zero attached hydrogens (tertiary/aromatic N) is 4. The van der Waals surface area contributed by atoms with Crippen molar-refractivity contribution >= 4 is 40.1 Å². The molecule has 5 aromatic rings. The second kappa shape index (κ2) is 10.9. The summed E-state index contributed by atoms with van der Waals surface area (Å²) in [5.74, 6) is 1.95. The van der Waals surface area contributed by atoms with Gasteiger partial charge in [-0.05, 0) is 115 Å². The molecule has 2 atom stereocenters. The molecule has 0 aliphatic heterocycles. The van der Waals surface area contributed by atoms with Gasteiger partial charge in [0.05, 0.1) is 0 Å². The normalized spacial score (nSPS) is 19.8. The van der Waals surface area contributed by atoms with Gasteiger partial charge in [0.2, 0.25) is 0 Å². The second-order valence-electron chi connectivity index (χ2n) is 13.3. The van der Waals surface area contributed by atoms with E-state index >= 15 is 0 Å². The van der Waals surface area contributed by atoms with Crippen LogP contribution in [0.2, 0.25) is 0 Å². The van der Waals surface area contributed by atoms with Crippen molar-refractivity contribution in [3.63, 3.8) is 0 Å². The smallest absolute Gasteiger partial charge is 0.197 e. The third kappa shape index (κ3) is 4.44. The number of hydrogen-bond donors (Lipinski definition) is 0. The Morgan fingerprint density at radius 1 is 0.688 bits per heavy atom. The Labute approximate surface area is 278 Å². The molecule has 0 saturated heterocycles. The molecule has 3 aromatic carbocycles. The highest BCUT2D eigenvalue weighted by Gasteiger charge is 2.23. The van der Waals surface area contributed by atoms with E-state index in [0.29, 0.717) is 23.5 Å². The fourth-order valence-electron chi connectivity index (χ4n) is 8.17. The molecule has 4 nitrogen and oxygen atoms in total. The molecule has 0 saturated carbocycles. The van der Waals surface area contributed by atoms with E-state index in [0.717, 1.165) is 42.4 Å². The molecule has 5 aliphatic carbocycles. The number of hydrogen-bond acceptors (Lipinski definition) is 4. The summed E-state index contributed by atoms with van der Waals surface area (Å²) >= 11 is 0. The highest BCUT2D eigenvalue weighted by atomic mass is 15.0. The lowest BCUT2D eigenvalue weighted by molar-refractivity contribution is 0.808. The van der Waals surface area contributed by atoms with Crippen LogP contribution in [0, 0.1) is 5.92 Å². The maximum absolute atomic E-state index is 4.77. The van der Waals surface area contributed by atoms with Crippen molar-refractivity contribution in [3.8, 4) is 22.8 Å². The largest absolute Gasteiger partial charge is 0.233 e. The van der Waals surface area contributed by atoms with Gasteiger partial charge >= 0.3 is 0 Å². The minimum Gasteiger partial charge on any atom is -0.233 e. The van der Waals surface area contributed by atoms with Crippen molar-refractivity contribution in [1.29, 1.82) is 0 Å². The monoisotopic (exact) mass is 616 g/mol. The first-order chi connectivity index (χ1) is 23.8. The van der Waals surface area contributed by atoms with Gasteiger partial charge in [-0.1, -0.05) is 85.0 Å². The van der Waals surface area contributed by atoms with E-state index in [1.165, 1.54) is 59.5 Å². The number of rotatable bonds is 3. The highest BCUT2D eigenvalue weighted by Crippen LogP contribution is 2.37. The molecule has 0 bridgehead atoms. The Kier molecular flexibility index (Phi) is 6.23. The van der Waals surface area contributed by atoms with Gasteiger partial charge in [0.1, 0.15) is 0 Å². The van der Waals surface area contributed by atoms with Gasteiger partial charge in [0, 0.05) is 47.8 Å². The van der Waals surface area contributed by atoms with Crippen molar-refractivity contribution in [2.24, 2.45) is 5.92 Å². The molecule has 5 aliphatic rings. The van der Waals surface area contributed by atoms with E-state index in [2.05, 4.69) is 109 Å². The van der Waals surface area contributed by atoms with Crippen LogP contribution < -0.4 is 20.9 Å². The van der Waals surface area contributed by atoms with Gasteiger partial charge in [-0.15, -0.1) is 0 Å². The summed E-state index contributed by atoms with van der Waals surface area (Å²) in [7, 11) is 0. The summed E-state index contributed by atoms with van der Waals surface area (Å²) in [6.07, 6.45) is 36.7. The molecule has 2 heterocycles. The van der Waals surface area contributed by atoms with E-state index in [9.17, 15) is 0 Å². The summed E-state index contributed by atoms with van der Waals surface area (Å²) in [6, 6.07) is 15.9. The molecular weight excluding hydrogens is 585 g/mol. The topological polar surface area (TPSA) is 51.6 Å². The molecule has 10 rings (SSSR count). The van der Waals surface area contributed by atoms with E-state index in [-0.39, 0.29) is 0 Å². The number of allylic oxidation sites excluding steroid dienone is 9. The standard InChI is InChI=1S/C44H32N4/c1-3-11-35-27(7-1)15-17-31-19-29-9-5-13-37(39(29)21-41(31)35)33-23-45-43(46-24-33)44-47-25-34(26-48-44)38-14-6-10-30-20-32-18-16-28-8-2-4-12-36(28)42(32)22-40(30)38/h1-5,7-11,13,16-27,36H,6,12,14-15H2. The number of aromatic nitrogens is 4. The Morgan fingerprint density at radius 2 is 1.52 bits per heavy atom. The van der Waals surface area contributed by atoms with Crippen LogP contribution in [0.15, 0.2) is 121 Å². The molecule has 2 unspecified atom stereocenters. The van der Waals surface area contributed by atoms with E-state index in [4.69, 9.17) is 19.9 Å². The van der Waals surface area contributed by atoms with Crippen LogP contribution in [-0.4, -0.2) is 19.9 Å². The maximum atomic E-state index is 4.77. The summed E-state index contributed by atoms with van der Waals surface area (Å²) in [5.41, 5.74) is 10.0. The zero-order valence-electron chi connectivity index (χ0n) is 26.5. The van der Waals surface area contributed by atoms with Gasteiger partial charge in [-0.2, -0.15) is 0 Å². The van der Waals surface area contributed by atoms with Gasteiger partial charge in [0.25, 0.3) is 0 Å². The zero-order valence-corrected chi connectivity index (χ0v) is 26.5. The second-order valence-corrected chi connectivity index (χ2v) is 13.3. The molecule has 2 aromatic heterocycles. The third-order valence-corrected chi connectivity index (χ3v) is 10.6. The lowest BCUT2D eigenvalue weighted by atomic mass is 9.78. The molecule has 0 fully saturated rings. The van der Waals surface area contributed by atoms with Crippen LogP contribution in [0.4, 0.5) is 0 Å². The van der Waals surface area contributed by atoms with Crippen molar-refractivity contribution in [2.75, 3.05) is 0 Å². The predicted octanol–water partition coefficient (Wildman–Crippen LogP) is 6.60. The van der Waals surface area contributed by atoms with Gasteiger partial charge in [-0.3, -0.25) is 0 Å². The average molecular weight is 617 g/mol.